The molecule has 4 nitrogen and oxygen atoms in total. The van der Waals surface area contributed by atoms with E-state index in [-0.39, 0.29) is 0 Å². The van der Waals surface area contributed by atoms with Crippen LogP contribution in [0.4, 0.5) is 5.69 Å². The number of anilines is 1. The summed E-state index contributed by atoms with van der Waals surface area (Å²) in [6.07, 6.45) is 7.60. The zero-order valence-electron chi connectivity index (χ0n) is 10.8. The van der Waals surface area contributed by atoms with E-state index in [9.17, 15) is 0 Å². The van der Waals surface area contributed by atoms with Crippen molar-refractivity contribution < 1.29 is 4.74 Å². The summed E-state index contributed by atoms with van der Waals surface area (Å²) in [6, 6.07) is 2.13. The fraction of sp³-hybridized carbons (Fsp3) is 0.643. The molecular weight excluding hydrogens is 226 g/mol. The third kappa shape index (κ3) is 3.13. The Labute approximate surface area is 108 Å². The molecule has 1 aliphatic carbocycles. The third-order valence-corrected chi connectivity index (χ3v) is 3.59. The highest BCUT2D eigenvalue weighted by molar-refractivity contribution is 5.48. The van der Waals surface area contributed by atoms with Gasteiger partial charge in [-0.3, -0.25) is 4.98 Å². The van der Waals surface area contributed by atoms with Crippen molar-refractivity contribution in [3.63, 3.8) is 0 Å². The maximum atomic E-state index is 5.79. The van der Waals surface area contributed by atoms with Crippen molar-refractivity contribution in [2.75, 3.05) is 37.7 Å². The van der Waals surface area contributed by atoms with Gasteiger partial charge < -0.3 is 15.0 Å². The second-order valence-corrected chi connectivity index (χ2v) is 5.22. The normalized spacial score (nSPS) is 20.6. The summed E-state index contributed by atoms with van der Waals surface area (Å²) in [5, 5.41) is 3.42. The van der Waals surface area contributed by atoms with E-state index in [1.807, 2.05) is 12.4 Å². The highest BCUT2D eigenvalue weighted by Gasteiger charge is 2.22. The molecule has 0 amide bonds. The average molecular weight is 247 g/mol. The van der Waals surface area contributed by atoms with E-state index >= 15 is 0 Å². The number of nitrogens with one attached hydrogen (secondary N) is 1. The van der Waals surface area contributed by atoms with Crippen molar-refractivity contribution in [3.8, 4) is 5.75 Å². The predicted molar refractivity (Wildman–Crippen MR) is 72.2 cm³/mol. The minimum absolute atomic E-state index is 0.788. The van der Waals surface area contributed by atoms with Gasteiger partial charge in [0.2, 0.25) is 0 Å². The Hall–Kier alpha value is -1.29. The van der Waals surface area contributed by atoms with E-state index in [1.165, 1.54) is 24.9 Å². The standard InChI is InChI=1S/C14H21N3O/c1-4-15-5-7-17(6-1)13-8-14(10-16-9-13)18-11-12-2-3-12/h8-10,12,15H,1-7,11H2. The van der Waals surface area contributed by atoms with Crippen LogP contribution in [0.15, 0.2) is 18.5 Å². The topological polar surface area (TPSA) is 37.4 Å². The molecule has 98 valence electrons. The maximum absolute atomic E-state index is 5.79. The Morgan fingerprint density at radius 2 is 2.22 bits per heavy atom. The molecule has 0 aromatic carbocycles. The molecule has 1 saturated carbocycles. The van der Waals surface area contributed by atoms with Crippen LogP contribution in [0.2, 0.25) is 0 Å². The molecule has 2 aliphatic rings. The van der Waals surface area contributed by atoms with Crippen molar-refractivity contribution in [2.45, 2.75) is 19.3 Å². The highest BCUT2D eigenvalue weighted by atomic mass is 16.5. The maximum Gasteiger partial charge on any atom is 0.139 e. The Balaban J connectivity index is 1.64. The molecule has 0 unspecified atom stereocenters. The van der Waals surface area contributed by atoms with Crippen molar-refractivity contribution in [1.82, 2.24) is 10.3 Å². The lowest BCUT2D eigenvalue weighted by Crippen LogP contribution is -2.27. The number of hydrogen-bond donors (Lipinski definition) is 1. The van der Waals surface area contributed by atoms with Crippen LogP contribution in [-0.2, 0) is 0 Å². The van der Waals surface area contributed by atoms with Crippen molar-refractivity contribution in [2.24, 2.45) is 5.92 Å². The Kier molecular flexibility index (Phi) is 3.64. The third-order valence-electron chi connectivity index (χ3n) is 3.59. The second-order valence-electron chi connectivity index (χ2n) is 5.22. The number of rotatable bonds is 4. The highest BCUT2D eigenvalue weighted by Crippen LogP contribution is 2.30. The molecule has 4 heteroatoms. The molecule has 1 aliphatic heterocycles. The molecule has 18 heavy (non-hydrogen) atoms. The van der Waals surface area contributed by atoms with E-state index in [4.69, 9.17) is 4.74 Å². The molecule has 2 heterocycles. The van der Waals surface area contributed by atoms with Crippen LogP contribution in [0.5, 0.6) is 5.75 Å². The molecule has 3 rings (SSSR count). The number of ether oxygens (including phenoxy) is 1. The summed E-state index contributed by atoms with van der Waals surface area (Å²) in [6.45, 7) is 5.16. The number of hydrogen-bond acceptors (Lipinski definition) is 4. The van der Waals surface area contributed by atoms with Gasteiger partial charge in [0.15, 0.2) is 0 Å². The van der Waals surface area contributed by atoms with Crippen molar-refractivity contribution >= 4 is 5.69 Å². The molecule has 0 atom stereocenters. The fourth-order valence-corrected chi connectivity index (χ4v) is 2.26. The summed E-state index contributed by atoms with van der Waals surface area (Å²) in [5.41, 5.74) is 1.19. The molecule has 1 aromatic heterocycles. The van der Waals surface area contributed by atoms with Gasteiger partial charge in [0.1, 0.15) is 5.75 Å². The summed E-state index contributed by atoms with van der Waals surface area (Å²) in [4.78, 5) is 6.69. The molecule has 0 bridgehead atoms. The van der Waals surface area contributed by atoms with Crippen LogP contribution in [0, 0.1) is 5.92 Å². The van der Waals surface area contributed by atoms with E-state index in [1.54, 1.807) is 0 Å². The van der Waals surface area contributed by atoms with E-state index in [0.29, 0.717) is 0 Å². The van der Waals surface area contributed by atoms with Gasteiger partial charge in [-0.1, -0.05) is 0 Å². The smallest absolute Gasteiger partial charge is 0.139 e. The summed E-state index contributed by atoms with van der Waals surface area (Å²) >= 11 is 0. The van der Waals surface area contributed by atoms with Crippen LogP contribution in [0.25, 0.3) is 0 Å². The first-order chi connectivity index (χ1) is 8.92. The zero-order valence-corrected chi connectivity index (χ0v) is 10.8. The first-order valence-electron chi connectivity index (χ1n) is 6.95. The molecule has 1 N–H and O–H groups in total. The van der Waals surface area contributed by atoms with Gasteiger partial charge >= 0.3 is 0 Å². The van der Waals surface area contributed by atoms with Crippen LogP contribution < -0.4 is 15.0 Å². The van der Waals surface area contributed by atoms with Gasteiger partial charge in [0, 0.05) is 25.7 Å². The lowest BCUT2D eigenvalue weighted by molar-refractivity contribution is 0.298. The largest absolute Gasteiger partial charge is 0.492 e. The van der Waals surface area contributed by atoms with Gasteiger partial charge in [0.25, 0.3) is 0 Å². The monoisotopic (exact) mass is 247 g/mol. The molecule has 2 fully saturated rings. The number of pyridine rings is 1. The Morgan fingerprint density at radius 3 is 3.11 bits per heavy atom. The first-order valence-corrected chi connectivity index (χ1v) is 6.95. The summed E-state index contributed by atoms with van der Waals surface area (Å²) in [5.74, 6) is 1.70. The van der Waals surface area contributed by atoms with Crippen LogP contribution >= 0.6 is 0 Å². The molecule has 1 saturated heterocycles. The SMILES string of the molecule is c1ncc(N2CCCNCC2)cc1OCC1CC1. The fourth-order valence-electron chi connectivity index (χ4n) is 2.26. The second kappa shape index (κ2) is 5.57. The quantitative estimate of drug-likeness (QED) is 0.878. The van der Waals surface area contributed by atoms with Crippen LogP contribution in [0.3, 0.4) is 0 Å². The average Bonchev–Trinajstić information content (AvgIpc) is 3.24. The summed E-state index contributed by atoms with van der Waals surface area (Å²) in [7, 11) is 0. The van der Waals surface area contributed by atoms with Gasteiger partial charge in [-0.2, -0.15) is 0 Å². The summed E-state index contributed by atoms with van der Waals surface area (Å²) < 4.78 is 5.79. The molecular formula is C14H21N3O. The minimum Gasteiger partial charge on any atom is -0.492 e. The van der Waals surface area contributed by atoms with Crippen LogP contribution in [0.1, 0.15) is 19.3 Å². The molecule has 0 spiro atoms. The van der Waals surface area contributed by atoms with Crippen molar-refractivity contribution in [1.29, 1.82) is 0 Å². The molecule has 1 aromatic rings. The Bertz CT molecular complexity index is 384. The van der Waals surface area contributed by atoms with E-state index in [0.717, 1.165) is 44.5 Å². The number of aromatic nitrogens is 1. The number of nitrogens with zero attached hydrogens (tertiary/aromatic N) is 2. The first kappa shape index (κ1) is 11.8. The molecule has 0 radical (unpaired) electrons. The Morgan fingerprint density at radius 1 is 1.28 bits per heavy atom. The van der Waals surface area contributed by atoms with Crippen LogP contribution in [-0.4, -0.2) is 37.8 Å². The lowest BCUT2D eigenvalue weighted by Gasteiger charge is -2.22. The van der Waals surface area contributed by atoms with Gasteiger partial charge in [-0.25, -0.2) is 0 Å². The van der Waals surface area contributed by atoms with E-state index in [2.05, 4.69) is 21.3 Å². The zero-order chi connectivity index (χ0) is 12.2. The van der Waals surface area contributed by atoms with E-state index < -0.39 is 0 Å². The minimum atomic E-state index is 0.788. The lowest BCUT2D eigenvalue weighted by atomic mass is 10.3. The van der Waals surface area contributed by atoms with Gasteiger partial charge in [0.05, 0.1) is 24.7 Å². The van der Waals surface area contributed by atoms with Gasteiger partial charge in [-0.05, 0) is 31.7 Å². The van der Waals surface area contributed by atoms with Gasteiger partial charge in [-0.15, -0.1) is 0 Å². The van der Waals surface area contributed by atoms with Crippen molar-refractivity contribution in [3.05, 3.63) is 18.5 Å². The predicted octanol–water partition coefficient (Wildman–Crippen LogP) is 1.67.